The topological polar surface area (TPSA) is 79.4 Å². The monoisotopic (exact) mass is 439 g/mol. The number of sulfonamides is 1. The van der Waals surface area contributed by atoms with Gasteiger partial charge in [-0.2, -0.15) is 0 Å². The average molecular weight is 440 g/mol. The summed E-state index contributed by atoms with van der Waals surface area (Å²) in [5, 5.41) is 3.16. The minimum Gasteiger partial charge on any atom is -0.298 e. The van der Waals surface area contributed by atoms with Gasteiger partial charge in [-0.15, -0.1) is 0 Å². The van der Waals surface area contributed by atoms with E-state index >= 15 is 0 Å². The minimum atomic E-state index is -3.51. The SMILES string of the molecule is CN(C)S(=O)(=O)c1ccc2nc(NC(=O)c3ccc(Br)cc3)sc2c1. The van der Waals surface area contributed by atoms with E-state index in [1.807, 2.05) is 0 Å². The highest BCUT2D eigenvalue weighted by atomic mass is 79.9. The molecule has 0 aliphatic rings. The molecule has 3 aromatic rings. The number of nitrogens with one attached hydrogen (secondary N) is 1. The van der Waals surface area contributed by atoms with Crippen LogP contribution in [0.25, 0.3) is 10.2 Å². The van der Waals surface area contributed by atoms with Crippen LogP contribution < -0.4 is 5.32 Å². The summed E-state index contributed by atoms with van der Waals surface area (Å²) >= 11 is 4.55. The van der Waals surface area contributed by atoms with E-state index in [0.29, 0.717) is 20.9 Å². The molecule has 0 aliphatic heterocycles. The number of benzene rings is 2. The molecule has 0 saturated carbocycles. The van der Waals surface area contributed by atoms with Crippen molar-refractivity contribution >= 4 is 58.5 Å². The van der Waals surface area contributed by atoms with Crippen LogP contribution in [0.4, 0.5) is 5.13 Å². The van der Waals surface area contributed by atoms with Gasteiger partial charge in [0.05, 0.1) is 15.1 Å². The van der Waals surface area contributed by atoms with E-state index in [9.17, 15) is 13.2 Å². The Morgan fingerprint density at radius 2 is 1.84 bits per heavy atom. The van der Waals surface area contributed by atoms with Crippen molar-refractivity contribution in [3.63, 3.8) is 0 Å². The molecular formula is C16H14BrN3O3S2. The normalized spacial score (nSPS) is 11.8. The highest BCUT2D eigenvalue weighted by Gasteiger charge is 2.18. The van der Waals surface area contributed by atoms with Gasteiger partial charge in [-0.3, -0.25) is 10.1 Å². The number of aromatic nitrogens is 1. The van der Waals surface area contributed by atoms with Crippen molar-refractivity contribution < 1.29 is 13.2 Å². The Morgan fingerprint density at radius 1 is 1.16 bits per heavy atom. The van der Waals surface area contributed by atoms with Crippen molar-refractivity contribution in [3.8, 4) is 0 Å². The summed E-state index contributed by atoms with van der Waals surface area (Å²) < 4.78 is 27.2. The first kappa shape index (κ1) is 18.0. The number of anilines is 1. The predicted octanol–water partition coefficient (Wildman–Crippen LogP) is 3.56. The highest BCUT2D eigenvalue weighted by molar-refractivity contribution is 9.10. The molecular weight excluding hydrogens is 426 g/mol. The van der Waals surface area contributed by atoms with Crippen LogP contribution in [0.5, 0.6) is 0 Å². The zero-order valence-corrected chi connectivity index (χ0v) is 16.6. The highest BCUT2D eigenvalue weighted by Crippen LogP contribution is 2.29. The number of carbonyl (C=O) groups excluding carboxylic acids is 1. The van der Waals surface area contributed by atoms with Crippen molar-refractivity contribution in [3.05, 3.63) is 52.5 Å². The first-order chi connectivity index (χ1) is 11.8. The molecule has 25 heavy (non-hydrogen) atoms. The van der Waals surface area contributed by atoms with Crippen LogP contribution >= 0.6 is 27.3 Å². The summed E-state index contributed by atoms with van der Waals surface area (Å²) in [7, 11) is -0.544. The van der Waals surface area contributed by atoms with Crippen molar-refractivity contribution in [2.24, 2.45) is 0 Å². The van der Waals surface area contributed by atoms with Gasteiger partial charge in [-0.1, -0.05) is 27.3 Å². The van der Waals surface area contributed by atoms with Gasteiger partial charge in [0.2, 0.25) is 10.0 Å². The van der Waals surface area contributed by atoms with Crippen molar-refractivity contribution in [1.82, 2.24) is 9.29 Å². The van der Waals surface area contributed by atoms with Crippen molar-refractivity contribution in [1.29, 1.82) is 0 Å². The Morgan fingerprint density at radius 3 is 2.48 bits per heavy atom. The van der Waals surface area contributed by atoms with E-state index in [2.05, 4.69) is 26.2 Å². The second-order valence-electron chi connectivity index (χ2n) is 5.40. The molecule has 0 aliphatic carbocycles. The number of fused-ring (bicyclic) bond motifs is 1. The third-order valence-corrected chi connectivity index (χ3v) is 6.74. The van der Waals surface area contributed by atoms with Gasteiger partial charge in [0.1, 0.15) is 0 Å². The first-order valence-electron chi connectivity index (χ1n) is 7.17. The second-order valence-corrected chi connectivity index (χ2v) is 9.50. The molecule has 0 unspecified atom stereocenters. The summed E-state index contributed by atoms with van der Waals surface area (Å²) in [6.07, 6.45) is 0. The molecule has 0 bridgehead atoms. The van der Waals surface area contributed by atoms with Gasteiger partial charge in [0, 0.05) is 24.1 Å². The molecule has 130 valence electrons. The quantitative estimate of drug-likeness (QED) is 0.673. The summed E-state index contributed by atoms with van der Waals surface area (Å²) in [6, 6.07) is 11.7. The fraction of sp³-hybridized carbons (Fsp3) is 0.125. The maximum atomic E-state index is 12.3. The average Bonchev–Trinajstić information content (AvgIpc) is 2.96. The van der Waals surface area contributed by atoms with E-state index in [0.717, 1.165) is 8.78 Å². The second kappa shape index (κ2) is 6.83. The van der Waals surface area contributed by atoms with Crippen LogP contribution in [-0.2, 0) is 10.0 Å². The third-order valence-electron chi connectivity index (χ3n) is 3.47. The molecule has 1 heterocycles. The summed E-state index contributed by atoms with van der Waals surface area (Å²) in [5.41, 5.74) is 1.15. The fourth-order valence-electron chi connectivity index (χ4n) is 2.10. The summed E-state index contributed by atoms with van der Waals surface area (Å²) in [6.45, 7) is 0. The molecule has 2 aromatic carbocycles. The Labute approximate surface area is 157 Å². The van der Waals surface area contributed by atoms with Crippen molar-refractivity contribution in [2.75, 3.05) is 19.4 Å². The van der Waals surface area contributed by atoms with E-state index in [4.69, 9.17) is 0 Å². The van der Waals surface area contributed by atoms with Crippen LogP contribution in [0.15, 0.2) is 51.8 Å². The van der Waals surface area contributed by atoms with Crippen LogP contribution in [0.1, 0.15) is 10.4 Å². The number of thiazole rings is 1. The number of nitrogens with zero attached hydrogens (tertiary/aromatic N) is 2. The van der Waals surface area contributed by atoms with Gasteiger partial charge < -0.3 is 0 Å². The smallest absolute Gasteiger partial charge is 0.257 e. The number of carbonyl (C=O) groups is 1. The van der Waals surface area contributed by atoms with Gasteiger partial charge >= 0.3 is 0 Å². The maximum absolute atomic E-state index is 12.3. The first-order valence-corrected chi connectivity index (χ1v) is 10.2. The van der Waals surface area contributed by atoms with Gasteiger partial charge in [0.15, 0.2) is 5.13 Å². The minimum absolute atomic E-state index is 0.194. The van der Waals surface area contributed by atoms with Crippen molar-refractivity contribution in [2.45, 2.75) is 4.90 Å². The maximum Gasteiger partial charge on any atom is 0.257 e. The molecule has 9 heteroatoms. The van der Waals surface area contributed by atoms with Gasteiger partial charge in [0.25, 0.3) is 5.91 Å². The molecule has 0 saturated heterocycles. The number of hydrogen-bond acceptors (Lipinski definition) is 5. The zero-order chi connectivity index (χ0) is 18.2. The lowest BCUT2D eigenvalue weighted by atomic mass is 10.2. The molecule has 1 amide bonds. The molecule has 0 spiro atoms. The van der Waals surface area contributed by atoms with Crippen LogP contribution in [0, 0.1) is 0 Å². The molecule has 3 rings (SSSR count). The fourth-order valence-corrected chi connectivity index (χ4v) is 4.27. The molecule has 0 atom stereocenters. The van der Waals surface area contributed by atoms with Gasteiger partial charge in [-0.05, 0) is 42.5 Å². The van der Waals surface area contributed by atoms with E-state index in [1.165, 1.54) is 31.5 Å². The van der Waals surface area contributed by atoms with E-state index in [-0.39, 0.29) is 10.8 Å². The third kappa shape index (κ3) is 3.74. The van der Waals surface area contributed by atoms with E-state index < -0.39 is 10.0 Å². The lowest BCUT2D eigenvalue weighted by Gasteiger charge is -2.10. The van der Waals surface area contributed by atoms with Gasteiger partial charge in [-0.25, -0.2) is 17.7 Å². The lowest BCUT2D eigenvalue weighted by Crippen LogP contribution is -2.22. The largest absolute Gasteiger partial charge is 0.298 e. The molecule has 6 nitrogen and oxygen atoms in total. The Balaban J connectivity index is 1.89. The summed E-state index contributed by atoms with van der Waals surface area (Å²) in [4.78, 5) is 16.8. The number of halogens is 1. The molecule has 1 aromatic heterocycles. The Kier molecular flexibility index (Phi) is 4.92. The van der Waals surface area contributed by atoms with E-state index in [1.54, 1.807) is 36.4 Å². The van der Waals surface area contributed by atoms with Crippen LogP contribution in [0.3, 0.4) is 0 Å². The predicted molar refractivity (Wildman–Crippen MR) is 103 cm³/mol. The Bertz CT molecular complexity index is 1040. The standard InChI is InChI=1S/C16H14BrN3O3S2/c1-20(2)25(22,23)12-7-8-13-14(9-12)24-16(18-13)19-15(21)10-3-5-11(17)6-4-10/h3-9H,1-2H3,(H,18,19,21). The summed E-state index contributed by atoms with van der Waals surface area (Å²) in [5.74, 6) is -0.271. The lowest BCUT2D eigenvalue weighted by molar-refractivity contribution is 0.102. The van der Waals surface area contributed by atoms with Crippen LogP contribution in [0.2, 0.25) is 0 Å². The van der Waals surface area contributed by atoms with Crippen LogP contribution in [-0.4, -0.2) is 37.7 Å². The molecule has 1 N–H and O–H groups in total. The molecule has 0 radical (unpaired) electrons. The molecule has 0 fully saturated rings. The Hall–Kier alpha value is -1.81. The number of amides is 1. The number of hydrogen-bond donors (Lipinski definition) is 1. The number of rotatable bonds is 4. The zero-order valence-electron chi connectivity index (χ0n) is 13.4.